The Morgan fingerprint density at radius 2 is 0.778 bits per heavy atom. The van der Waals surface area contributed by atoms with E-state index in [1.165, 1.54) is 20.7 Å². The van der Waals surface area contributed by atoms with Gasteiger partial charge in [-0.1, -0.05) is 129 Å². The first-order valence-corrected chi connectivity index (χ1v) is 12.4. The Labute approximate surface area is 178 Å². The summed E-state index contributed by atoms with van der Waals surface area (Å²) in [6, 6.07) is 39.5. The molecule has 0 aliphatic heterocycles. The summed E-state index contributed by atoms with van der Waals surface area (Å²) in [6.07, 6.45) is 0. The summed E-state index contributed by atoms with van der Waals surface area (Å²) in [5.74, 6) is 0. The predicted octanol–water partition coefficient (Wildman–Crippen LogP) is 4.59. The maximum absolute atomic E-state index is 3.70. The maximum Gasteiger partial charge on any atom is 0.0147 e. The molecule has 4 aromatic carbocycles. The van der Waals surface area contributed by atoms with Crippen LogP contribution in [0.5, 0.6) is 0 Å². The molecule has 0 bridgehead atoms. The molecule has 0 spiro atoms. The van der Waals surface area contributed by atoms with Crippen molar-refractivity contribution >= 4 is 60.7 Å². The number of hydrogen-bond donors (Lipinski definition) is 0. The minimum atomic E-state index is -2.42. The highest BCUT2D eigenvalue weighted by atomic mass is 79.9. The fourth-order valence-corrected chi connectivity index (χ4v) is 9.86. The van der Waals surface area contributed by atoms with E-state index in [1.54, 1.807) is 0 Å². The van der Waals surface area contributed by atoms with Crippen molar-refractivity contribution in [3.63, 3.8) is 0 Å². The first-order valence-electron chi connectivity index (χ1n) is 8.84. The van der Waals surface area contributed by atoms with Crippen molar-refractivity contribution in [2.45, 2.75) is 0 Å². The summed E-state index contributed by atoms with van der Waals surface area (Å²) in [7, 11) is -2.42. The van der Waals surface area contributed by atoms with Crippen LogP contribution >= 0.6 is 31.9 Å². The van der Waals surface area contributed by atoms with Gasteiger partial charge in [-0.05, 0) is 20.2 Å². The molecule has 0 aromatic heterocycles. The van der Waals surface area contributed by atoms with Gasteiger partial charge in [0.25, 0.3) is 0 Å². The molecule has 3 heteroatoms. The van der Waals surface area contributed by atoms with Crippen molar-refractivity contribution in [2.75, 3.05) is 0 Å². The monoisotopic (exact) mass is 492 g/mol. The van der Waals surface area contributed by atoms with Gasteiger partial charge in [0, 0.05) is 8.95 Å². The largest absolute Gasteiger partial charge is 0.171 e. The van der Waals surface area contributed by atoms with Crippen molar-refractivity contribution in [1.29, 1.82) is 0 Å². The number of hydrogen-bond acceptors (Lipinski definition) is 0. The van der Waals surface area contributed by atoms with E-state index in [4.69, 9.17) is 0 Å². The molecule has 4 rings (SSSR count). The molecular weight excluding hydrogens is 476 g/mol. The summed E-state index contributed by atoms with van der Waals surface area (Å²) in [5.41, 5.74) is 0. The Balaban J connectivity index is 2.16. The maximum atomic E-state index is 3.70. The topological polar surface area (TPSA) is 0 Å². The first-order chi connectivity index (χ1) is 13.2. The minimum Gasteiger partial charge on any atom is -0.171 e. The van der Waals surface area contributed by atoms with Crippen LogP contribution in [0.15, 0.2) is 118 Å². The SMILES string of the molecule is Brc1cccc([Si-](c2ccccc2)(c2ccccc2)c2cccc(Br)c2)c1. The fraction of sp³-hybridized carbons (Fsp3) is 0. The highest BCUT2D eigenvalue weighted by Gasteiger charge is 2.28. The molecule has 0 N–H and O–H groups in total. The Morgan fingerprint density at radius 1 is 0.407 bits per heavy atom. The summed E-state index contributed by atoms with van der Waals surface area (Å²) < 4.78 is 2.22. The van der Waals surface area contributed by atoms with E-state index in [1.807, 2.05) is 0 Å². The van der Waals surface area contributed by atoms with Crippen LogP contribution in [-0.2, 0) is 0 Å². The lowest BCUT2D eigenvalue weighted by Gasteiger charge is -2.47. The molecule has 0 amide bonds. The first kappa shape index (κ1) is 18.4. The second-order valence-electron chi connectivity index (χ2n) is 6.50. The van der Waals surface area contributed by atoms with Gasteiger partial charge in [0.2, 0.25) is 0 Å². The van der Waals surface area contributed by atoms with Gasteiger partial charge in [0.15, 0.2) is 0 Å². The third-order valence-corrected chi connectivity index (χ3v) is 10.7. The van der Waals surface area contributed by atoms with E-state index >= 15 is 0 Å². The molecule has 0 saturated carbocycles. The molecule has 0 radical (unpaired) electrons. The molecule has 0 saturated heterocycles. The lowest BCUT2D eigenvalue weighted by molar-refractivity contribution is 1.63. The lowest BCUT2D eigenvalue weighted by atomic mass is 10.3. The van der Waals surface area contributed by atoms with Gasteiger partial charge in [-0.25, -0.2) is 0 Å². The third-order valence-electron chi connectivity index (χ3n) is 4.93. The normalized spacial score (nSPS) is 11.3. The highest BCUT2D eigenvalue weighted by Crippen LogP contribution is 2.15. The third kappa shape index (κ3) is 3.47. The van der Waals surface area contributed by atoms with Gasteiger partial charge in [0.05, 0.1) is 0 Å². The van der Waals surface area contributed by atoms with Crippen molar-refractivity contribution in [3.05, 3.63) is 118 Å². The van der Waals surface area contributed by atoms with Crippen LogP contribution in [0.3, 0.4) is 0 Å². The second kappa shape index (κ2) is 7.97. The van der Waals surface area contributed by atoms with Crippen molar-refractivity contribution < 1.29 is 0 Å². The lowest BCUT2D eigenvalue weighted by Crippen LogP contribution is -2.74. The molecule has 0 heterocycles. The average Bonchev–Trinajstić information content (AvgIpc) is 2.71. The second-order valence-corrected chi connectivity index (χ2v) is 12.1. The molecule has 4 aromatic rings. The quantitative estimate of drug-likeness (QED) is 0.288. The van der Waals surface area contributed by atoms with Crippen LogP contribution in [0.2, 0.25) is 0 Å². The smallest absolute Gasteiger partial charge is 0.0147 e. The van der Waals surface area contributed by atoms with Crippen LogP contribution in [-0.4, -0.2) is 8.07 Å². The van der Waals surface area contributed by atoms with E-state index in [0.717, 1.165) is 8.95 Å². The Kier molecular flexibility index (Phi) is 5.44. The number of rotatable bonds is 4. The van der Waals surface area contributed by atoms with E-state index in [0.29, 0.717) is 0 Å². The predicted molar refractivity (Wildman–Crippen MR) is 125 cm³/mol. The van der Waals surface area contributed by atoms with Crippen LogP contribution in [0, 0.1) is 0 Å². The van der Waals surface area contributed by atoms with Gasteiger partial charge in [-0.2, -0.15) is 20.7 Å². The zero-order chi connectivity index (χ0) is 18.7. The van der Waals surface area contributed by atoms with Crippen LogP contribution in [0.25, 0.3) is 0 Å². The van der Waals surface area contributed by atoms with Crippen LogP contribution in [0.1, 0.15) is 0 Å². The van der Waals surface area contributed by atoms with Crippen molar-refractivity contribution in [2.24, 2.45) is 0 Å². The van der Waals surface area contributed by atoms with E-state index < -0.39 is 8.07 Å². The molecule has 27 heavy (non-hydrogen) atoms. The molecule has 0 aliphatic rings. The number of benzene rings is 4. The van der Waals surface area contributed by atoms with Gasteiger partial charge in [0.1, 0.15) is 0 Å². The Hall–Kier alpha value is -1.94. The average molecular weight is 494 g/mol. The van der Waals surface area contributed by atoms with E-state index in [-0.39, 0.29) is 0 Å². The summed E-state index contributed by atoms with van der Waals surface area (Å²) in [4.78, 5) is 0. The summed E-state index contributed by atoms with van der Waals surface area (Å²) in [6.45, 7) is 0. The molecular formula is C24H18Br2Si-. The molecule has 0 nitrogen and oxygen atoms in total. The zero-order valence-electron chi connectivity index (χ0n) is 14.6. The Morgan fingerprint density at radius 3 is 1.15 bits per heavy atom. The van der Waals surface area contributed by atoms with Crippen LogP contribution in [0.4, 0.5) is 0 Å². The van der Waals surface area contributed by atoms with Gasteiger partial charge in [-0.15, -0.1) is 0 Å². The summed E-state index contributed by atoms with van der Waals surface area (Å²) >= 11 is 7.40. The summed E-state index contributed by atoms with van der Waals surface area (Å²) in [5, 5.41) is 5.50. The zero-order valence-corrected chi connectivity index (χ0v) is 18.8. The van der Waals surface area contributed by atoms with Crippen LogP contribution < -0.4 is 20.7 Å². The van der Waals surface area contributed by atoms with Crippen molar-refractivity contribution in [1.82, 2.24) is 0 Å². The molecule has 0 fully saturated rings. The Bertz CT molecular complexity index is 959. The van der Waals surface area contributed by atoms with Crippen molar-refractivity contribution in [3.8, 4) is 0 Å². The number of halogens is 2. The van der Waals surface area contributed by atoms with Gasteiger partial charge >= 0.3 is 0 Å². The standard InChI is InChI=1S/C24H18Br2Si/c25-19-9-7-15-23(17-19)27(21-11-3-1-4-12-21,22-13-5-2-6-14-22)24-16-8-10-20(26)18-24/h1-18H/q-1. The molecule has 0 aliphatic carbocycles. The van der Waals surface area contributed by atoms with E-state index in [2.05, 4.69) is 141 Å². The molecule has 0 unspecified atom stereocenters. The minimum absolute atomic E-state index is 1.11. The molecule has 0 atom stereocenters. The van der Waals surface area contributed by atoms with Gasteiger partial charge in [-0.3, -0.25) is 0 Å². The molecule has 133 valence electrons. The fourth-order valence-electron chi connectivity index (χ4n) is 3.82. The highest BCUT2D eigenvalue weighted by molar-refractivity contribution is 9.10. The van der Waals surface area contributed by atoms with E-state index in [9.17, 15) is 0 Å². The van der Waals surface area contributed by atoms with Gasteiger partial charge < -0.3 is 0 Å².